The molecule has 0 radical (unpaired) electrons. The minimum Gasteiger partial charge on any atom is -0.507 e. The molecule has 3 heteroatoms. The molecule has 0 bridgehead atoms. The third kappa shape index (κ3) is 2.76. The van der Waals surface area contributed by atoms with Gasteiger partial charge in [-0.1, -0.05) is 48.0 Å². The quantitative estimate of drug-likeness (QED) is 0.643. The van der Waals surface area contributed by atoms with Crippen LogP contribution in [0.5, 0.6) is 5.75 Å². The van der Waals surface area contributed by atoms with E-state index in [1.165, 1.54) is 0 Å². The average molecular weight is 296 g/mol. The number of rotatable bonds is 2. The van der Waals surface area contributed by atoms with E-state index < -0.39 is 0 Å². The van der Waals surface area contributed by atoms with Gasteiger partial charge < -0.3 is 5.11 Å². The summed E-state index contributed by atoms with van der Waals surface area (Å²) in [5.41, 5.74) is 2.55. The van der Waals surface area contributed by atoms with Crippen molar-refractivity contribution in [2.24, 2.45) is 4.99 Å². The molecular weight excluding hydrogens is 282 g/mol. The van der Waals surface area contributed by atoms with Crippen LogP contribution in [0, 0.1) is 6.92 Å². The van der Waals surface area contributed by atoms with Crippen LogP contribution in [0.2, 0.25) is 5.02 Å². The maximum absolute atomic E-state index is 10.1. The molecule has 3 aromatic rings. The van der Waals surface area contributed by atoms with Crippen molar-refractivity contribution in [1.29, 1.82) is 0 Å². The van der Waals surface area contributed by atoms with E-state index in [1.807, 2.05) is 55.5 Å². The second-order valence-corrected chi connectivity index (χ2v) is 5.34. The highest BCUT2D eigenvalue weighted by Crippen LogP contribution is 2.27. The smallest absolute Gasteiger partial charge is 0.124 e. The molecule has 0 atom stereocenters. The third-order valence-corrected chi connectivity index (χ3v) is 3.69. The van der Waals surface area contributed by atoms with E-state index in [2.05, 4.69) is 4.99 Å². The van der Waals surface area contributed by atoms with Gasteiger partial charge in [0.05, 0.1) is 5.69 Å². The Morgan fingerprint density at radius 1 is 1.05 bits per heavy atom. The van der Waals surface area contributed by atoms with Gasteiger partial charge in [-0.05, 0) is 41.5 Å². The van der Waals surface area contributed by atoms with Crippen LogP contribution in [-0.4, -0.2) is 11.3 Å². The molecule has 0 aliphatic heterocycles. The van der Waals surface area contributed by atoms with E-state index in [9.17, 15) is 5.11 Å². The third-order valence-electron chi connectivity index (χ3n) is 3.45. The molecule has 0 unspecified atom stereocenters. The van der Waals surface area contributed by atoms with Crippen molar-refractivity contribution in [3.05, 3.63) is 70.7 Å². The van der Waals surface area contributed by atoms with E-state index in [-0.39, 0.29) is 5.75 Å². The van der Waals surface area contributed by atoms with Crippen molar-refractivity contribution in [3.63, 3.8) is 0 Å². The van der Waals surface area contributed by atoms with Crippen LogP contribution in [0.3, 0.4) is 0 Å². The lowest BCUT2D eigenvalue weighted by molar-refractivity contribution is 0.475. The predicted octanol–water partition coefficient (Wildman–Crippen LogP) is 5.26. The number of halogens is 1. The fourth-order valence-corrected chi connectivity index (χ4v) is 2.44. The molecule has 3 aromatic carbocycles. The van der Waals surface area contributed by atoms with Crippen LogP contribution in [0.1, 0.15) is 11.1 Å². The van der Waals surface area contributed by atoms with Crippen LogP contribution in [0.15, 0.2) is 59.6 Å². The monoisotopic (exact) mass is 295 g/mol. The Morgan fingerprint density at radius 2 is 1.86 bits per heavy atom. The highest BCUT2D eigenvalue weighted by atomic mass is 35.5. The second kappa shape index (κ2) is 5.58. The van der Waals surface area contributed by atoms with Crippen LogP contribution in [0.4, 0.5) is 5.69 Å². The second-order valence-electron chi connectivity index (χ2n) is 4.91. The summed E-state index contributed by atoms with van der Waals surface area (Å²) in [6.45, 7) is 1.98. The normalized spacial score (nSPS) is 11.3. The lowest BCUT2D eigenvalue weighted by Crippen LogP contribution is -1.86. The molecular formula is C18H14ClNO. The van der Waals surface area contributed by atoms with Crippen LogP contribution < -0.4 is 0 Å². The maximum Gasteiger partial charge on any atom is 0.124 e. The van der Waals surface area contributed by atoms with Crippen LogP contribution >= 0.6 is 11.6 Å². The molecule has 1 N–H and O–H groups in total. The Hall–Kier alpha value is -2.32. The molecule has 0 saturated heterocycles. The molecule has 0 aliphatic carbocycles. The van der Waals surface area contributed by atoms with Gasteiger partial charge in [0.25, 0.3) is 0 Å². The summed E-state index contributed by atoms with van der Waals surface area (Å²) in [4.78, 5) is 4.48. The van der Waals surface area contributed by atoms with Gasteiger partial charge in [0.1, 0.15) is 5.75 Å². The fourth-order valence-electron chi connectivity index (χ4n) is 2.28. The van der Waals surface area contributed by atoms with Gasteiger partial charge in [-0.3, -0.25) is 4.99 Å². The topological polar surface area (TPSA) is 32.6 Å². The number of aryl methyl sites for hydroxylation is 1. The van der Waals surface area contributed by atoms with Gasteiger partial charge in [0.15, 0.2) is 0 Å². The van der Waals surface area contributed by atoms with Crippen LogP contribution in [0.25, 0.3) is 10.8 Å². The van der Waals surface area contributed by atoms with Gasteiger partial charge >= 0.3 is 0 Å². The Bertz CT molecular complexity index is 840. The molecule has 0 fully saturated rings. The zero-order valence-corrected chi connectivity index (χ0v) is 12.3. The first-order valence-corrected chi connectivity index (χ1v) is 7.04. The number of hydrogen-bond acceptors (Lipinski definition) is 2. The highest BCUT2D eigenvalue weighted by Gasteiger charge is 2.04. The van der Waals surface area contributed by atoms with E-state index in [1.54, 1.807) is 12.3 Å². The number of benzene rings is 3. The molecule has 0 spiro atoms. The summed E-state index contributed by atoms with van der Waals surface area (Å²) in [6, 6.07) is 17.1. The Kier molecular flexibility index (Phi) is 3.63. The summed E-state index contributed by atoms with van der Waals surface area (Å²) in [6.07, 6.45) is 1.69. The highest BCUT2D eigenvalue weighted by molar-refractivity contribution is 6.30. The lowest BCUT2D eigenvalue weighted by atomic mass is 10.0. The molecule has 0 heterocycles. The van der Waals surface area contributed by atoms with Gasteiger partial charge in [0, 0.05) is 16.8 Å². The molecule has 104 valence electrons. The van der Waals surface area contributed by atoms with Crippen molar-refractivity contribution in [2.45, 2.75) is 6.92 Å². The minimum absolute atomic E-state index is 0.220. The number of phenolic OH excluding ortho intramolecular Hbond substituents is 1. The molecule has 0 aromatic heterocycles. The van der Waals surface area contributed by atoms with Gasteiger partial charge in [-0.2, -0.15) is 0 Å². The van der Waals surface area contributed by atoms with Crippen molar-refractivity contribution < 1.29 is 5.11 Å². The molecule has 0 amide bonds. The van der Waals surface area contributed by atoms with Crippen molar-refractivity contribution in [2.75, 3.05) is 0 Å². The number of aliphatic imine (C=N–C) groups is 1. The molecule has 3 rings (SSSR count). The SMILES string of the molecule is Cc1ccc(Cl)cc1N=Cc1c(O)ccc2ccccc12. The summed E-state index contributed by atoms with van der Waals surface area (Å²) in [7, 11) is 0. The summed E-state index contributed by atoms with van der Waals surface area (Å²) in [5.74, 6) is 0.220. The molecule has 21 heavy (non-hydrogen) atoms. The molecule has 2 nitrogen and oxygen atoms in total. The molecule has 0 saturated carbocycles. The number of aromatic hydroxyl groups is 1. The Balaban J connectivity index is 2.11. The van der Waals surface area contributed by atoms with E-state index in [4.69, 9.17) is 11.6 Å². The number of fused-ring (bicyclic) bond motifs is 1. The average Bonchev–Trinajstić information content (AvgIpc) is 2.49. The van der Waals surface area contributed by atoms with Gasteiger partial charge in [-0.15, -0.1) is 0 Å². The zero-order chi connectivity index (χ0) is 14.8. The lowest BCUT2D eigenvalue weighted by Gasteiger charge is -2.05. The zero-order valence-electron chi connectivity index (χ0n) is 11.5. The summed E-state index contributed by atoms with van der Waals surface area (Å²) in [5, 5.41) is 12.8. The number of phenols is 1. The first kappa shape index (κ1) is 13.7. The first-order valence-electron chi connectivity index (χ1n) is 6.66. The standard InChI is InChI=1S/C18H14ClNO/c1-12-6-8-14(19)10-17(12)20-11-16-15-5-3-2-4-13(15)7-9-18(16)21/h2-11,21H,1H3. The van der Waals surface area contributed by atoms with Crippen molar-refractivity contribution >= 4 is 34.3 Å². The van der Waals surface area contributed by atoms with Crippen molar-refractivity contribution in [3.8, 4) is 5.75 Å². The minimum atomic E-state index is 0.220. The van der Waals surface area contributed by atoms with E-state index >= 15 is 0 Å². The summed E-state index contributed by atoms with van der Waals surface area (Å²) >= 11 is 6.00. The number of nitrogens with zero attached hydrogens (tertiary/aromatic N) is 1. The largest absolute Gasteiger partial charge is 0.507 e. The number of hydrogen-bond donors (Lipinski definition) is 1. The van der Waals surface area contributed by atoms with E-state index in [0.717, 1.165) is 22.0 Å². The van der Waals surface area contributed by atoms with Crippen molar-refractivity contribution in [1.82, 2.24) is 0 Å². The van der Waals surface area contributed by atoms with Crippen LogP contribution in [-0.2, 0) is 0 Å². The fraction of sp³-hybridized carbons (Fsp3) is 0.0556. The first-order chi connectivity index (χ1) is 10.1. The Morgan fingerprint density at radius 3 is 2.71 bits per heavy atom. The molecule has 0 aliphatic rings. The van der Waals surface area contributed by atoms with Gasteiger partial charge in [0.2, 0.25) is 0 Å². The van der Waals surface area contributed by atoms with Gasteiger partial charge in [-0.25, -0.2) is 0 Å². The predicted molar refractivity (Wildman–Crippen MR) is 89.1 cm³/mol. The Labute approximate surface area is 128 Å². The maximum atomic E-state index is 10.1. The summed E-state index contributed by atoms with van der Waals surface area (Å²) < 4.78 is 0. The van der Waals surface area contributed by atoms with E-state index in [0.29, 0.717) is 10.6 Å².